The Balaban J connectivity index is 1.53. The second-order valence-corrected chi connectivity index (χ2v) is 8.87. The summed E-state index contributed by atoms with van der Waals surface area (Å²) in [5, 5.41) is 6.08. The van der Waals surface area contributed by atoms with E-state index in [0.29, 0.717) is 17.9 Å². The van der Waals surface area contributed by atoms with Crippen molar-refractivity contribution in [2.75, 3.05) is 12.8 Å². The molecule has 1 heterocycles. The minimum Gasteiger partial charge on any atom is -0.352 e. The van der Waals surface area contributed by atoms with E-state index < -0.39 is 10.8 Å². The fraction of sp³-hybridized carbons (Fsp3) is 0.238. The second-order valence-electron chi connectivity index (χ2n) is 6.37. The molecule has 1 N–H and O–H groups in total. The SMILES string of the molecule is Cc1nc(-c2ccc(CCNC(=O)c3cccc(CS(C)=O)c3)cc2)cs1. The monoisotopic (exact) mass is 398 g/mol. The number of aromatic nitrogens is 1. The maximum Gasteiger partial charge on any atom is 0.251 e. The Bertz CT molecular complexity index is 949. The molecule has 0 spiro atoms. The molecule has 1 aromatic heterocycles. The summed E-state index contributed by atoms with van der Waals surface area (Å²) in [6, 6.07) is 15.6. The van der Waals surface area contributed by atoms with Gasteiger partial charge in [-0.2, -0.15) is 0 Å². The Morgan fingerprint density at radius 1 is 1.15 bits per heavy atom. The molecule has 3 aromatic rings. The highest BCUT2D eigenvalue weighted by atomic mass is 32.2. The molecule has 0 aliphatic carbocycles. The number of benzene rings is 2. The Kier molecular flexibility index (Phi) is 6.53. The van der Waals surface area contributed by atoms with Gasteiger partial charge in [-0.05, 0) is 36.6 Å². The summed E-state index contributed by atoms with van der Waals surface area (Å²) in [7, 11) is -0.918. The van der Waals surface area contributed by atoms with Gasteiger partial charge < -0.3 is 5.32 Å². The van der Waals surface area contributed by atoms with Crippen molar-refractivity contribution in [1.29, 1.82) is 0 Å². The third kappa shape index (κ3) is 5.58. The number of carbonyl (C=O) groups is 1. The predicted octanol–water partition coefficient (Wildman–Crippen LogP) is 3.97. The van der Waals surface area contributed by atoms with Crippen LogP contribution in [0.5, 0.6) is 0 Å². The number of hydrogen-bond donors (Lipinski definition) is 1. The molecule has 0 aliphatic heterocycles. The first-order valence-corrected chi connectivity index (χ1v) is 11.3. The predicted molar refractivity (Wildman–Crippen MR) is 113 cm³/mol. The molecule has 0 saturated heterocycles. The van der Waals surface area contributed by atoms with Gasteiger partial charge in [0, 0.05) is 45.9 Å². The van der Waals surface area contributed by atoms with E-state index in [1.807, 2.05) is 19.1 Å². The molecule has 3 rings (SSSR count). The third-order valence-electron chi connectivity index (χ3n) is 4.13. The molecule has 0 saturated carbocycles. The molecule has 0 radical (unpaired) electrons. The van der Waals surface area contributed by atoms with Gasteiger partial charge in [0.25, 0.3) is 5.91 Å². The third-order valence-corrected chi connectivity index (χ3v) is 5.64. The van der Waals surface area contributed by atoms with E-state index in [9.17, 15) is 9.00 Å². The standard InChI is InChI=1S/C21H22N2O2S2/c1-15-23-20(13-26-15)18-8-6-16(7-9-18)10-11-22-21(24)19-5-3-4-17(12-19)14-27(2)25/h3-9,12-13H,10-11,14H2,1-2H3,(H,22,24). The number of amides is 1. The minimum atomic E-state index is -0.918. The highest BCUT2D eigenvalue weighted by molar-refractivity contribution is 7.83. The van der Waals surface area contributed by atoms with Gasteiger partial charge in [0.05, 0.1) is 10.7 Å². The molecular formula is C21H22N2O2S2. The van der Waals surface area contributed by atoms with Gasteiger partial charge in [0.1, 0.15) is 0 Å². The van der Waals surface area contributed by atoms with E-state index in [1.165, 1.54) is 5.56 Å². The van der Waals surface area contributed by atoms with Crippen LogP contribution in [0.2, 0.25) is 0 Å². The Labute approximate surface area is 166 Å². The lowest BCUT2D eigenvalue weighted by molar-refractivity contribution is 0.0954. The van der Waals surface area contributed by atoms with Crippen molar-refractivity contribution >= 4 is 28.0 Å². The number of rotatable bonds is 7. The molecule has 0 bridgehead atoms. The summed E-state index contributed by atoms with van der Waals surface area (Å²) in [5.41, 5.74) is 4.80. The number of aryl methyl sites for hydroxylation is 1. The summed E-state index contributed by atoms with van der Waals surface area (Å²) in [4.78, 5) is 16.8. The van der Waals surface area contributed by atoms with Gasteiger partial charge in [0.15, 0.2) is 0 Å². The average molecular weight is 399 g/mol. The van der Waals surface area contributed by atoms with Gasteiger partial charge in [-0.15, -0.1) is 11.3 Å². The quantitative estimate of drug-likeness (QED) is 0.655. The number of carbonyl (C=O) groups excluding carboxylic acids is 1. The van der Waals surface area contributed by atoms with Gasteiger partial charge in [0.2, 0.25) is 0 Å². The Morgan fingerprint density at radius 3 is 2.59 bits per heavy atom. The lowest BCUT2D eigenvalue weighted by Crippen LogP contribution is -2.25. The zero-order valence-electron chi connectivity index (χ0n) is 15.4. The Hall–Kier alpha value is -2.31. The van der Waals surface area contributed by atoms with Crippen molar-refractivity contribution in [1.82, 2.24) is 10.3 Å². The van der Waals surface area contributed by atoms with Crippen LogP contribution in [0, 0.1) is 6.92 Å². The molecule has 1 atom stereocenters. The zero-order valence-corrected chi connectivity index (χ0v) is 17.0. The fourth-order valence-electron chi connectivity index (χ4n) is 2.80. The van der Waals surface area contributed by atoms with Crippen molar-refractivity contribution < 1.29 is 9.00 Å². The lowest BCUT2D eigenvalue weighted by Gasteiger charge is -2.07. The lowest BCUT2D eigenvalue weighted by atomic mass is 10.1. The van der Waals surface area contributed by atoms with Crippen LogP contribution >= 0.6 is 11.3 Å². The molecule has 0 aliphatic rings. The molecule has 1 amide bonds. The fourth-order valence-corrected chi connectivity index (χ4v) is 4.07. The van der Waals surface area contributed by atoms with Gasteiger partial charge >= 0.3 is 0 Å². The van der Waals surface area contributed by atoms with Crippen LogP contribution in [0.4, 0.5) is 0 Å². The first-order valence-electron chi connectivity index (χ1n) is 8.70. The maximum atomic E-state index is 12.3. The zero-order chi connectivity index (χ0) is 19.2. The van der Waals surface area contributed by atoms with Gasteiger partial charge in [-0.25, -0.2) is 4.98 Å². The van der Waals surface area contributed by atoms with E-state index in [4.69, 9.17) is 0 Å². The van der Waals surface area contributed by atoms with E-state index in [0.717, 1.165) is 28.2 Å². The number of nitrogens with zero attached hydrogens (tertiary/aromatic N) is 1. The smallest absolute Gasteiger partial charge is 0.251 e. The van der Waals surface area contributed by atoms with Gasteiger partial charge in [-0.1, -0.05) is 36.4 Å². The summed E-state index contributed by atoms with van der Waals surface area (Å²) < 4.78 is 11.3. The first-order chi connectivity index (χ1) is 13.0. The van der Waals surface area contributed by atoms with E-state index >= 15 is 0 Å². The molecule has 0 fully saturated rings. The van der Waals surface area contributed by atoms with Crippen LogP contribution in [0.25, 0.3) is 11.3 Å². The van der Waals surface area contributed by atoms with Crippen molar-refractivity contribution in [3.63, 3.8) is 0 Å². The topological polar surface area (TPSA) is 59.1 Å². The highest BCUT2D eigenvalue weighted by Gasteiger charge is 2.07. The van der Waals surface area contributed by atoms with Crippen LogP contribution in [0.15, 0.2) is 53.9 Å². The minimum absolute atomic E-state index is 0.103. The van der Waals surface area contributed by atoms with Crippen molar-refractivity contribution in [3.05, 3.63) is 75.6 Å². The normalized spacial score (nSPS) is 11.9. The van der Waals surface area contributed by atoms with Crippen LogP contribution < -0.4 is 5.32 Å². The van der Waals surface area contributed by atoms with E-state index in [1.54, 1.807) is 29.7 Å². The largest absolute Gasteiger partial charge is 0.352 e. The summed E-state index contributed by atoms with van der Waals surface area (Å²) in [5.74, 6) is 0.361. The van der Waals surface area contributed by atoms with Gasteiger partial charge in [-0.3, -0.25) is 9.00 Å². The molecule has 4 nitrogen and oxygen atoms in total. The first kappa shape index (κ1) is 19.5. The van der Waals surface area contributed by atoms with E-state index in [-0.39, 0.29) is 5.91 Å². The molecule has 27 heavy (non-hydrogen) atoms. The van der Waals surface area contributed by atoms with E-state index in [2.05, 4.69) is 39.9 Å². The second kappa shape index (κ2) is 9.06. The van der Waals surface area contributed by atoms with Crippen LogP contribution in [-0.2, 0) is 23.0 Å². The molecular weight excluding hydrogens is 376 g/mol. The number of hydrogen-bond acceptors (Lipinski definition) is 4. The molecule has 1 unspecified atom stereocenters. The molecule has 6 heteroatoms. The van der Waals surface area contributed by atoms with Crippen LogP contribution in [0.3, 0.4) is 0 Å². The highest BCUT2D eigenvalue weighted by Crippen LogP contribution is 2.21. The summed E-state index contributed by atoms with van der Waals surface area (Å²) in [6.45, 7) is 2.57. The van der Waals surface area contributed by atoms with Crippen molar-refractivity contribution in [2.45, 2.75) is 19.1 Å². The summed E-state index contributed by atoms with van der Waals surface area (Å²) >= 11 is 1.65. The number of thiazole rings is 1. The van der Waals surface area contributed by atoms with Crippen molar-refractivity contribution in [2.24, 2.45) is 0 Å². The summed E-state index contributed by atoms with van der Waals surface area (Å²) in [6.07, 6.45) is 2.42. The average Bonchev–Trinajstić information content (AvgIpc) is 3.08. The van der Waals surface area contributed by atoms with Crippen molar-refractivity contribution in [3.8, 4) is 11.3 Å². The number of nitrogens with one attached hydrogen (secondary N) is 1. The van der Waals surface area contributed by atoms with Crippen LogP contribution in [0.1, 0.15) is 26.5 Å². The molecule has 140 valence electrons. The maximum absolute atomic E-state index is 12.3. The molecule has 2 aromatic carbocycles. The Morgan fingerprint density at radius 2 is 1.93 bits per heavy atom. The van der Waals surface area contributed by atoms with Crippen LogP contribution in [-0.4, -0.2) is 27.9 Å².